The molecule has 0 saturated carbocycles. The summed E-state index contributed by atoms with van der Waals surface area (Å²) in [5, 5.41) is 19.3. The van der Waals surface area contributed by atoms with E-state index >= 15 is 0 Å². The highest BCUT2D eigenvalue weighted by atomic mass is 16.5. The van der Waals surface area contributed by atoms with Crippen molar-refractivity contribution in [1.82, 2.24) is 20.3 Å². The van der Waals surface area contributed by atoms with Crippen LogP contribution in [-0.4, -0.2) is 26.9 Å². The molecule has 1 N–H and O–H groups in total. The number of nitriles is 1. The van der Waals surface area contributed by atoms with Crippen molar-refractivity contribution < 1.29 is 9.26 Å². The zero-order chi connectivity index (χ0) is 14.7. The van der Waals surface area contributed by atoms with Gasteiger partial charge in [-0.2, -0.15) is 15.3 Å². The van der Waals surface area contributed by atoms with E-state index in [1.54, 1.807) is 0 Å². The summed E-state index contributed by atoms with van der Waals surface area (Å²) >= 11 is 0. The lowest BCUT2D eigenvalue weighted by Crippen LogP contribution is -1.91. The maximum Gasteiger partial charge on any atom is 0.262 e. The second-order valence-electron chi connectivity index (χ2n) is 4.15. The standard InChI is InChI=1S/C14H11N5O2/c1-2-20-10-5-3-4-9(6-10)13-17-14(21-19-13)11-8-16-18-12(11)7-15/h3-6,8H,2H2,1H3,(H,16,18). The number of nitrogens with zero attached hydrogens (tertiary/aromatic N) is 4. The molecule has 0 spiro atoms. The van der Waals surface area contributed by atoms with Crippen LogP contribution >= 0.6 is 0 Å². The molecule has 0 saturated heterocycles. The van der Waals surface area contributed by atoms with Crippen molar-refractivity contribution in [1.29, 1.82) is 5.26 Å². The van der Waals surface area contributed by atoms with E-state index in [0.29, 0.717) is 18.0 Å². The van der Waals surface area contributed by atoms with Crippen molar-refractivity contribution in [3.63, 3.8) is 0 Å². The number of hydrogen-bond donors (Lipinski definition) is 1. The van der Waals surface area contributed by atoms with Crippen molar-refractivity contribution in [2.45, 2.75) is 6.92 Å². The van der Waals surface area contributed by atoms with Crippen molar-refractivity contribution in [2.24, 2.45) is 0 Å². The van der Waals surface area contributed by atoms with Gasteiger partial charge >= 0.3 is 0 Å². The number of hydrogen-bond acceptors (Lipinski definition) is 6. The van der Waals surface area contributed by atoms with E-state index in [9.17, 15) is 0 Å². The summed E-state index contributed by atoms with van der Waals surface area (Å²) in [6.07, 6.45) is 1.48. The van der Waals surface area contributed by atoms with Crippen LogP contribution in [0.15, 0.2) is 35.0 Å². The maximum atomic E-state index is 8.96. The summed E-state index contributed by atoms with van der Waals surface area (Å²) in [5.74, 6) is 1.41. The summed E-state index contributed by atoms with van der Waals surface area (Å²) < 4.78 is 10.6. The minimum Gasteiger partial charge on any atom is -0.494 e. The minimum atomic E-state index is 0.247. The third-order valence-electron chi connectivity index (χ3n) is 2.81. The molecule has 0 atom stereocenters. The van der Waals surface area contributed by atoms with Gasteiger partial charge in [-0.15, -0.1) is 0 Å². The van der Waals surface area contributed by atoms with Gasteiger partial charge in [-0.05, 0) is 19.1 Å². The highest BCUT2D eigenvalue weighted by Gasteiger charge is 2.16. The van der Waals surface area contributed by atoms with Crippen LogP contribution in [0.2, 0.25) is 0 Å². The SMILES string of the molecule is CCOc1cccc(-c2noc(-c3cn[nH]c3C#N)n2)c1. The molecular weight excluding hydrogens is 270 g/mol. The summed E-state index contributed by atoms with van der Waals surface area (Å²) in [6.45, 7) is 2.50. The molecule has 3 rings (SSSR count). The van der Waals surface area contributed by atoms with Gasteiger partial charge in [0.25, 0.3) is 5.89 Å². The third-order valence-corrected chi connectivity index (χ3v) is 2.81. The number of nitrogens with one attached hydrogen (secondary N) is 1. The van der Waals surface area contributed by atoms with E-state index in [4.69, 9.17) is 14.5 Å². The van der Waals surface area contributed by atoms with Crippen LogP contribution in [0.25, 0.3) is 22.8 Å². The molecule has 7 heteroatoms. The number of aromatic amines is 1. The molecule has 7 nitrogen and oxygen atoms in total. The lowest BCUT2D eigenvalue weighted by molar-refractivity contribution is 0.340. The van der Waals surface area contributed by atoms with Crippen LogP contribution in [0.4, 0.5) is 0 Å². The van der Waals surface area contributed by atoms with Gasteiger partial charge in [-0.3, -0.25) is 5.10 Å². The van der Waals surface area contributed by atoms with Gasteiger partial charge in [-0.1, -0.05) is 17.3 Å². The first kappa shape index (κ1) is 12.9. The van der Waals surface area contributed by atoms with Gasteiger partial charge in [0.15, 0.2) is 0 Å². The topological polar surface area (TPSA) is 101 Å². The predicted octanol–water partition coefficient (Wildman–Crippen LogP) is 2.40. The van der Waals surface area contributed by atoms with E-state index in [-0.39, 0.29) is 11.6 Å². The second-order valence-corrected chi connectivity index (χ2v) is 4.15. The largest absolute Gasteiger partial charge is 0.494 e. The average Bonchev–Trinajstić information content (AvgIpc) is 3.16. The maximum absolute atomic E-state index is 8.96. The van der Waals surface area contributed by atoms with E-state index < -0.39 is 0 Å². The van der Waals surface area contributed by atoms with Crippen LogP contribution in [0.5, 0.6) is 5.75 Å². The molecule has 2 heterocycles. The van der Waals surface area contributed by atoms with Crippen LogP contribution in [0, 0.1) is 11.3 Å². The summed E-state index contributed by atoms with van der Waals surface area (Å²) in [6, 6.07) is 9.39. The zero-order valence-corrected chi connectivity index (χ0v) is 11.2. The fourth-order valence-corrected chi connectivity index (χ4v) is 1.88. The van der Waals surface area contributed by atoms with Crippen LogP contribution < -0.4 is 4.74 Å². The van der Waals surface area contributed by atoms with Crippen LogP contribution in [-0.2, 0) is 0 Å². The number of rotatable bonds is 4. The normalized spacial score (nSPS) is 10.3. The molecular formula is C14H11N5O2. The van der Waals surface area contributed by atoms with E-state index in [0.717, 1.165) is 11.3 Å². The Morgan fingerprint density at radius 2 is 2.33 bits per heavy atom. The molecule has 104 valence electrons. The Hall–Kier alpha value is -3.14. The Balaban J connectivity index is 1.95. The molecule has 3 aromatic rings. The Kier molecular flexibility index (Phi) is 3.35. The molecule has 0 unspecified atom stereocenters. The van der Waals surface area contributed by atoms with Crippen LogP contribution in [0.3, 0.4) is 0 Å². The molecule has 21 heavy (non-hydrogen) atoms. The Morgan fingerprint density at radius 3 is 3.14 bits per heavy atom. The lowest BCUT2D eigenvalue weighted by atomic mass is 10.2. The van der Waals surface area contributed by atoms with Gasteiger partial charge in [0.1, 0.15) is 17.5 Å². The number of H-pyrrole nitrogens is 1. The predicted molar refractivity (Wildman–Crippen MR) is 73.2 cm³/mol. The third kappa shape index (κ3) is 2.47. The Labute approximate surface area is 120 Å². The van der Waals surface area contributed by atoms with Crippen molar-refractivity contribution >= 4 is 0 Å². The number of ether oxygens (including phenoxy) is 1. The molecule has 1 aromatic carbocycles. The van der Waals surface area contributed by atoms with Crippen molar-refractivity contribution in [3.05, 3.63) is 36.2 Å². The monoisotopic (exact) mass is 281 g/mol. The molecule has 2 aromatic heterocycles. The fourth-order valence-electron chi connectivity index (χ4n) is 1.88. The first-order valence-corrected chi connectivity index (χ1v) is 6.32. The molecule has 0 radical (unpaired) electrons. The second kappa shape index (κ2) is 5.46. The van der Waals surface area contributed by atoms with Crippen LogP contribution in [0.1, 0.15) is 12.6 Å². The first-order chi connectivity index (χ1) is 10.3. The van der Waals surface area contributed by atoms with Gasteiger partial charge in [0.2, 0.25) is 5.82 Å². The molecule has 0 amide bonds. The highest BCUT2D eigenvalue weighted by Crippen LogP contribution is 2.25. The summed E-state index contributed by atoms with van der Waals surface area (Å²) in [4.78, 5) is 4.29. The Morgan fingerprint density at radius 1 is 1.43 bits per heavy atom. The van der Waals surface area contributed by atoms with Crippen molar-refractivity contribution in [2.75, 3.05) is 6.61 Å². The fraction of sp³-hybridized carbons (Fsp3) is 0.143. The lowest BCUT2D eigenvalue weighted by Gasteiger charge is -2.02. The molecule has 0 aliphatic heterocycles. The molecule has 0 fully saturated rings. The Bertz CT molecular complexity index is 800. The molecule has 0 bridgehead atoms. The molecule has 0 aliphatic carbocycles. The van der Waals surface area contributed by atoms with Gasteiger partial charge in [0.05, 0.1) is 18.4 Å². The minimum absolute atomic E-state index is 0.247. The average molecular weight is 281 g/mol. The van der Waals surface area contributed by atoms with Gasteiger partial charge in [0, 0.05) is 5.56 Å². The van der Waals surface area contributed by atoms with Crippen molar-refractivity contribution in [3.8, 4) is 34.7 Å². The first-order valence-electron chi connectivity index (χ1n) is 6.32. The highest BCUT2D eigenvalue weighted by molar-refractivity contribution is 5.63. The van der Waals surface area contributed by atoms with E-state index in [1.807, 2.05) is 37.3 Å². The summed E-state index contributed by atoms with van der Waals surface area (Å²) in [5.41, 5.74) is 1.54. The van der Waals surface area contributed by atoms with Gasteiger partial charge in [-0.25, -0.2) is 0 Å². The zero-order valence-electron chi connectivity index (χ0n) is 11.2. The number of aromatic nitrogens is 4. The van der Waals surface area contributed by atoms with Gasteiger partial charge < -0.3 is 9.26 Å². The molecule has 0 aliphatic rings. The quantitative estimate of drug-likeness (QED) is 0.788. The smallest absolute Gasteiger partial charge is 0.262 e. The number of benzene rings is 1. The van der Waals surface area contributed by atoms with E-state index in [2.05, 4.69) is 20.3 Å². The van der Waals surface area contributed by atoms with E-state index in [1.165, 1.54) is 6.20 Å². The summed E-state index contributed by atoms with van der Waals surface area (Å²) in [7, 11) is 0.